The normalized spacial score (nSPS) is 12.0. The Hall–Kier alpha value is -3.32. The van der Waals surface area contributed by atoms with E-state index < -0.39 is 11.7 Å². The van der Waals surface area contributed by atoms with Crippen molar-refractivity contribution in [3.05, 3.63) is 82.9 Å². The zero-order valence-electron chi connectivity index (χ0n) is 20.5. The summed E-state index contributed by atoms with van der Waals surface area (Å²) in [7, 11) is 4.02. The molecule has 0 radical (unpaired) electrons. The van der Waals surface area contributed by atoms with Crippen molar-refractivity contribution >= 4 is 11.0 Å². The Balaban J connectivity index is 1.80. The number of ether oxygens (including phenoxy) is 1. The maximum atomic E-state index is 13.8. The van der Waals surface area contributed by atoms with Gasteiger partial charge in [-0.3, -0.25) is 0 Å². The quantitative estimate of drug-likeness (QED) is 0.262. The van der Waals surface area contributed by atoms with Crippen LogP contribution < -0.4 is 4.74 Å². The second-order valence-electron chi connectivity index (χ2n) is 9.13. The monoisotopic (exact) mass is 481 g/mol. The first kappa shape index (κ1) is 24.8. The average molecular weight is 482 g/mol. The van der Waals surface area contributed by atoms with Crippen LogP contribution in [0.15, 0.2) is 60.7 Å². The average Bonchev–Trinajstić information content (AvgIpc) is 3.16. The van der Waals surface area contributed by atoms with Crippen LogP contribution in [-0.4, -0.2) is 41.7 Å². The van der Waals surface area contributed by atoms with Crippen LogP contribution in [0.3, 0.4) is 0 Å². The second-order valence-corrected chi connectivity index (χ2v) is 9.13. The van der Waals surface area contributed by atoms with Crippen LogP contribution in [0, 0.1) is 13.8 Å². The van der Waals surface area contributed by atoms with Crippen molar-refractivity contribution in [3.8, 4) is 17.1 Å². The fourth-order valence-corrected chi connectivity index (χ4v) is 4.13. The van der Waals surface area contributed by atoms with E-state index in [1.54, 1.807) is 6.07 Å². The molecule has 0 bridgehead atoms. The molecule has 0 saturated carbocycles. The zero-order chi connectivity index (χ0) is 25.2. The van der Waals surface area contributed by atoms with Gasteiger partial charge >= 0.3 is 6.18 Å². The number of rotatable bonds is 8. The molecule has 184 valence electrons. The van der Waals surface area contributed by atoms with Gasteiger partial charge in [0.05, 0.1) is 29.7 Å². The van der Waals surface area contributed by atoms with Gasteiger partial charge in [-0.25, -0.2) is 4.98 Å². The third-order valence-corrected chi connectivity index (χ3v) is 6.15. The van der Waals surface area contributed by atoms with E-state index in [4.69, 9.17) is 9.72 Å². The highest BCUT2D eigenvalue weighted by Crippen LogP contribution is 2.35. The summed E-state index contributed by atoms with van der Waals surface area (Å²) in [4.78, 5) is 6.91. The van der Waals surface area contributed by atoms with Crippen molar-refractivity contribution in [2.75, 3.05) is 27.2 Å². The number of benzene rings is 3. The van der Waals surface area contributed by atoms with Crippen molar-refractivity contribution in [1.29, 1.82) is 0 Å². The number of halogens is 3. The second kappa shape index (κ2) is 10.1. The van der Waals surface area contributed by atoms with Gasteiger partial charge in [0.2, 0.25) is 0 Å². The highest BCUT2D eigenvalue weighted by atomic mass is 19.4. The van der Waals surface area contributed by atoms with Gasteiger partial charge in [-0.1, -0.05) is 30.3 Å². The Morgan fingerprint density at radius 3 is 2.43 bits per heavy atom. The number of aromatic nitrogens is 2. The van der Waals surface area contributed by atoms with E-state index in [0.29, 0.717) is 23.7 Å². The largest absolute Gasteiger partial charge is 0.493 e. The first-order valence-corrected chi connectivity index (χ1v) is 11.6. The summed E-state index contributed by atoms with van der Waals surface area (Å²) in [6.07, 6.45) is -3.56. The number of aryl methyl sites for hydroxylation is 2. The lowest BCUT2D eigenvalue weighted by atomic mass is 10.0. The topological polar surface area (TPSA) is 30.3 Å². The Morgan fingerprint density at radius 2 is 1.71 bits per heavy atom. The lowest BCUT2D eigenvalue weighted by molar-refractivity contribution is -0.138. The molecule has 0 amide bonds. The predicted octanol–water partition coefficient (Wildman–Crippen LogP) is 6.72. The molecule has 0 atom stereocenters. The number of hydrogen-bond acceptors (Lipinski definition) is 3. The summed E-state index contributed by atoms with van der Waals surface area (Å²) in [6.45, 7) is 5.55. The highest BCUT2D eigenvalue weighted by Gasteiger charge is 2.33. The van der Waals surface area contributed by atoms with Crippen molar-refractivity contribution in [1.82, 2.24) is 14.5 Å². The fraction of sp³-hybridized carbons (Fsp3) is 0.321. The summed E-state index contributed by atoms with van der Waals surface area (Å²) in [6, 6.07) is 17.3. The lowest BCUT2D eigenvalue weighted by Gasteiger charge is -2.16. The van der Waals surface area contributed by atoms with Crippen LogP contribution in [0.2, 0.25) is 0 Å². The van der Waals surface area contributed by atoms with Gasteiger partial charge in [-0.2, -0.15) is 13.2 Å². The molecule has 1 heterocycles. The summed E-state index contributed by atoms with van der Waals surface area (Å²) in [5, 5.41) is 0. The molecule has 7 heteroatoms. The van der Waals surface area contributed by atoms with Gasteiger partial charge in [-0.05, 0) is 75.3 Å². The van der Waals surface area contributed by atoms with E-state index in [1.165, 1.54) is 12.1 Å². The zero-order valence-corrected chi connectivity index (χ0v) is 20.5. The van der Waals surface area contributed by atoms with Crippen LogP contribution in [0.4, 0.5) is 13.2 Å². The standard InChI is InChI=1S/C28H30F3N3O/c1-19-10-11-21(16-20(19)2)27-32-25-13-12-23(35-15-7-14-33(3)4)17-26(25)34(27)18-22-8-5-6-9-24(22)28(29,30)31/h5-6,8-13,16-17H,7,14-15,18H2,1-4H3. The number of alkyl halides is 3. The molecule has 4 aromatic rings. The molecule has 0 aliphatic rings. The molecule has 0 aliphatic heterocycles. The van der Waals surface area contributed by atoms with Crippen molar-refractivity contribution in [2.24, 2.45) is 0 Å². The summed E-state index contributed by atoms with van der Waals surface area (Å²) >= 11 is 0. The van der Waals surface area contributed by atoms with Crippen LogP contribution in [0.1, 0.15) is 28.7 Å². The smallest absolute Gasteiger partial charge is 0.416 e. The highest BCUT2D eigenvalue weighted by molar-refractivity contribution is 5.82. The Morgan fingerprint density at radius 1 is 0.943 bits per heavy atom. The van der Waals surface area contributed by atoms with Crippen molar-refractivity contribution in [3.63, 3.8) is 0 Å². The minimum Gasteiger partial charge on any atom is -0.493 e. The van der Waals surface area contributed by atoms with E-state index in [1.807, 2.05) is 68.9 Å². The van der Waals surface area contributed by atoms with E-state index >= 15 is 0 Å². The maximum Gasteiger partial charge on any atom is 0.416 e. The first-order valence-electron chi connectivity index (χ1n) is 11.6. The molecule has 4 rings (SSSR count). The summed E-state index contributed by atoms with van der Waals surface area (Å²) in [5.41, 5.74) is 4.12. The van der Waals surface area contributed by atoms with Gasteiger partial charge in [0.15, 0.2) is 0 Å². The van der Waals surface area contributed by atoms with Crippen molar-refractivity contribution < 1.29 is 17.9 Å². The SMILES string of the molecule is Cc1ccc(-c2nc3ccc(OCCCN(C)C)cc3n2Cc2ccccc2C(F)(F)F)cc1C. The van der Waals surface area contributed by atoms with E-state index in [2.05, 4.69) is 4.90 Å². The molecule has 0 spiro atoms. The molecule has 0 aliphatic carbocycles. The van der Waals surface area contributed by atoms with E-state index in [0.717, 1.165) is 41.2 Å². The number of hydrogen-bond donors (Lipinski definition) is 0. The molecule has 1 aromatic heterocycles. The Kier molecular flexibility index (Phi) is 7.17. The van der Waals surface area contributed by atoms with E-state index in [9.17, 15) is 13.2 Å². The van der Waals surface area contributed by atoms with Gasteiger partial charge in [0.1, 0.15) is 11.6 Å². The van der Waals surface area contributed by atoms with Crippen LogP contribution in [0.25, 0.3) is 22.4 Å². The third kappa shape index (κ3) is 5.68. The molecule has 0 fully saturated rings. The minimum absolute atomic E-state index is 0.0402. The molecule has 0 N–H and O–H groups in total. The van der Waals surface area contributed by atoms with Crippen LogP contribution in [-0.2, 0) is 12.7 Å². The summed E-state index contributed by atoms with van der Waals surface area (Å²) in [5.74, 6) is 1.30. The van der Waals surface area contributed by atoms with Crippen LogP contribution >= 0.6 is 0 Å². The molecule has 0 saturated heterocycles. The number of nitrogens with zero attached hydrogens (tertiary/aromatic N) is 3. The maximum absolute atomic E-state index is 13.8. The predicted molar refractivity (Wildman–Crippen MR) is 134 cm³/mol. The van der Waals surface area contributed by atoms with E-state index in [-0.39, 0.29) is 12.1 Å². The number of imidazole rings is 1. The molecule has 0 unspecified atom stereocenters. The minimum atomic E-state index is -4.44. The molecule has 3 aromatic carbocycles. The number of fused-ring (bicyclic) bond motifs is 1. The first-order chi connectivity index (χ1) is 16.6. The van der Waals surface area contributed by atoms with Gasteiger partial charge < -0.3 is 14.2 Å². The third-order valence-electron chi connectivity index (χ3n) is 6.15. The molecule has 4 nitrogen and oxygen atoms in total. The van der Waals surface area contributed by atoms with Crippen LogP contribution in [0.5, 0.6) is 5.75 Å². The van der Waals surface area contributed by atoms with Gasteiger partial charge in [-0.15, -0.1) is 0 Å². The summed E-state index contributed by atoms with van der Waals surface area (Å²) < 4.78 is 49.1. The van der Waals surface area contributed by atoms with Crippen molar-refractivity contribution in [2.45, 2.75) is 33.0 Å². The Bertz CT molecular complexity index is 1330. The molecule has 35 heavy (non-hydrogen) atoms. The molecular formula is C28H30F3N3O. The fourth-order valence-electron chi connectivity index (χ4n) is 4.13. The lowest BCUT2D eigenvalue weighted by Crippen LogP contribution is -2.15. The Labute approximate surface area is 204 Å². The van der Waals surface area contributed by atoms with Gasteiger partial charge in [0.25, 0.3) is 0 Å². The van der Waals surface area contributed by atoms with Gasteiger partial charge in [0, 0.05) is 18.2 Å². The molecular weight excluding hydrogens is 451 g/mol.